The van der Waals surface area contributed by atoms with E-state index >= 15 is 0 Å². The van der Waals surface area contributed by atoms with E-state index < -0.39 is 12.2 Å². The maximum absolute atomic E-state index is 11.5. The Bertz CT molecular complexity index is 401. The van der Waals surface area contributed by atoms with Crippen molar-refractivity contribution in [2.24, 2.45) is 0 Å². The Hall–Kier alpha value is -1.81. The first-order valence-corrected chi connectivity index (χ1v) is 5.71. The lowest BCUT2D eigenvalue weighted by atomic mass is 10.3. The number of hydrogen-bond acceptors (Lipinski definition) is 4. The summed E-state index contributed by atoms with van der Waals surface area (Å²) < 4.78 is 10.8. The lowest BCUT2D eigenvalue weighted by molar-refractivity contribution is -0.154. The van der Waals surface area contributed by atoms with E-state index in [2.05, 4.69) is 6.58 Å². The second-order valence-electron chi connectivity index (χ2n) is 4.23. The minimum atomic E-state index is -0.436. The molecule has 0 N–H and O–H groups in total. The average Bonchev–Trinajstić information content (AvgIpc) is 2.34. The lowest BCUT2D eigenvalue weighted by Crippen LogP contribution is -2.38. The van der Waals surface area contributed by atoms with Crippen LogP contribution < -0.4 is 4.74 Å². The van der Waals surface area contributed by atoms with Crippen LogP contribution in [0, 0.1) is 0 Å². The third kappa shape index (κ3) is 4.59. The Morgan fingerprint density at radius 2 is 1.94 bits per heavy atom. The Morgan fingerprint density at radius 3 is 2.44 bits per heavy atom. The lowest BCUT2D eigenvalue weighted by Gasteiger charge is -2.24. The molecule has 0 bridgehead atoms. The molecule has 1 unspecified atom stereocenters. The van der Waals surface area contributed by atoms with Crippen LogP contribution in [0.2, 0.25) is 0 Å². The highest BCUT2D eigenvalue weighted by Crippen LogP contribution is 2.10. The van der Waals surface area contributed by atoms with Crippen LogP contribution in [0.4, 0.5) is 0 Å². The standard InChI is InChI=1S/C14H19NO3/c1-11(2)14(16)18-13(15(3)4)10-17-12-8-6-5-7-9-12/h5-9,13H,1,10H2,2-4H3. The molecule has 1 aromatic rings. The van der Waals surface area contributed by atoms with Crippen LogP contribution in [0.3, 0.4) is 0 Å². The zero-order valence-corrected chi connectivity index (χ0v) is 11.1. The van der Waals surface area contributed by atoms with Gasteiger partial charge in [0.25, 0.3) is 0 Å². The number of benzene rings is 1. The highest BCUT2D eigenvalue weighted by molar-refractivity contribution is 5.87. The molecule has 0 saturated carbocycles. The first-order chi connectivity index (χ1) is 8.50. The minimum absolute atomic E-state index is 0.274. The second-order valence-corrected chi connectivity index (χ2v) is 4.23. The minimum Gasteiger partial charge on any atom is -0.488 e. The molecule has 1 atom stereocenters. The van der Waals surface area contributed by atoms with Crippen molar-refractivity contribution in [2.75, 3.05) is 20.7 Å². The smallest absolute Gasteiger partial charge is 0.334 e. The maximum atomic E-state index is 11.5. The average molecular weight is 249 g/mol. The molecular formula is C14H19NO3. The summed E-state index contributed by atoms with van der Waals surface area (Å²) in [5.74, 6) is 0.334. The van der Waals surface area contributed by atoms with Gasteiger partial charge >= 0.3 is 5.97 Å². The topological polar surface area (TPSA) is 38.8 Å². The van der Waals surface area contributed by atoms with Gasteiger partial charge in [-0.25, -0.2) is 4.79 Å². The first-order valence-electron chi connectivity index (χ1n) is 5.71. The quantitative estimate of drug-likeness (QED) is 0.439. The van der Waals surface area contributed by atoms with Gasteiger partial charge in [0.2, 0.25) is 0 Å². The summed E-state index contributed by atoms with van der Waals surface area (Å²) in [4.78, 5) is 13.2. The van der Waals surface area contributed by atoms with Gasteiger partial charge in [0.15, 0.2) is 6.23 Å². The Kier molecular flexibility index (Phi) is 5.39. The van der Waals surface area contributed by atoms with Crippen molar-refractivity contribution < 1.29 is 14.3 Å². The number of esters is 1. The number of likely N-dealkylation sites (N-methyl/N-ethyl adjacent to an activating group) is 1. The number of carbonyl (C=O) groups is 1. The van der Waals surface area contributed by atoms with E-state index in [1.54, 1.807) is 11.8 Å². The van der Waals surface area contributed by atoms with Crippen molar-refractivity contribution in [3.8, 4) is 5.75 Å². The predicted molar refractivity (Wildman–Crippen MR) is 70.3 cm³/mol. The molecule has 0 fully saturated rings. The van der Waals surface area contributed by atoms with Crippen molar-refractivity contribution in [2.45, 2.75) is 13.2 Å². The molecule has 98 valence electrons. The molecule has 0 spiro atoms. The van der Waals surface area contributed by atoms with Crippen LogP contribution in [0.5, 0.6) is 5.75 Å². The Balaban J connectivity index is 2.53. The monoisotopic (exact) mass is 249 g/mol. The zero-order chi connectivity index (χ0) is 13.5. The molecule has 0 aliphatic carbocycles. The number of carbonyl (C=O) groups excluding carboxylic acids is 1. The van der Waals surface area contributed by atoms with Crippen LogP contribution in [-0.2, 0) is 9.53 Å². The molecule has 1 rings (SSSR count). The molecule has 0 radical (unpaired) electrons. The fourth-order valence-electron chi connectivity index (χ4n) is 1.20. The first kappa shape index (κ1) is 14.3. The van der Waals surface area contributed by atoms with Crippen molar-refractivity contribution in [1.29, 1.82) is 0 Å². The molecule has 18 heavy (non-hydrogen) atoms. The van der Waals surface area contributed by atoms with Gasteiger partial charge in [-0.1, -0.05) is 24.8 Å². The normalized spacial score (nSPS) is 12.0. The van der Waals surface area contributed by atoms with Gasteiger partial charge in [-0.15, -0.1) is 0 Å². The summed E-state index contributed by atoms with van der Waals surface area (Å²) in [5, 5.41) is 0. The van der Waals surface area contributed by atoms with Gasteiger partial charge < -0.3 is 9.47 Å². The molecule has 4 nitrogen and oxygen atoms in total. The van der Waals surface area contributed by atoms with Gasteiger partial charge in [0, 0.05) is 5.57 Å². The van der Waals surface area contributed by atoms with Gasteiger partial charge in [0.1, 0.15) is 12.4 Å². The Morgan fingerprint density at radius 1 is 1.33 bits per heavy atom. The molecule has 0 saturated heterocycles. The molecule has 0 aromatic heterocycles. The summed E-state index contributed by atoms with van der Waals surface area (Å²) in [5.41, 5.74) is 0.376. The summed E-state index contributed by atoms with van der Waals surface area (Å²) in [7, 11) is 3.65. The number of para-hydroxylation sites is 1. The number of nitrogens with zero attached hydrogens (tertiary/aromatic N) is 1. The largest absolute Gasteiger partial charge is 0.488 e. The summed E-state index contributed by atoms with van der Waals surface area (Å²) in [6.45, 7) is 5.44. The number of hydrogen-bond donors (Lipinski definition) is 0. The van der Waals surface area contributed by atoms with Gasteiger partial charge in [-0.05, 0) is 33.2 Å². The van der Waals surface area contributed by atoms with Crippen molar-refractivity contribution in [1.82, 2.24) is 4.90 Å². The summed E-state index contributed by atoms with van der Waals surface area (Å²) >= 11 is 0. The zero-order valence-electron chi connectivity index (χ0n) is 11.1. The van der Waals surface area contributed by atoms with Crippen LogP contribution >= 0.6 is 0 Å². The molecular weight excluding hydrogens is 230 g/mol. The van der Waals surface area contributed by atoms with E-state index in [1.165, 1.54) is 0 Å². The van der Waals surface area contributed by atoms with E-state index in [1.807, 2.05) is 44.4 Å². The summed E-state index contributed by atoms with van der Waals surface area (Å²) in [6.07, 6.45) is -0.436. The summed E-state index contributed by atoms with van der Waals surface area (Å²) in [6, 6.07) is 9.40. The van der Waals surface area contributed by atoms with Crippen LogP contribution in [-0.4, -0.2) is 37.8 Å². The van der Waals surface area contributed by atoms with Crippen LogP contribution in [0.15, 0.2) is 42.5 Å². The third-order valence-electron chi connectivity index (χ3n) is 2.30. The van der Waals surface area contributed by atoms with E-state index in [4.69, 9.17) is 9.47 Å². The van der Waals surface area contributed by atoms with Crippen molar-refractivity contribution in [3.63, 3.8) is 0 Å². The second kappa shape index (κ2) is 6.81. The highest BCUT2D eigenvalue weighted by atomic mass is 16.6. The van der Waals surface area contributed by atoms with Crippen LogP contribution in [0.25, 0.3) is 0 Å². The SMILES string of the molecule is C=C(C)C(=O)OC(COc1ccccc1)N(C)C. The van der Waals surface area contributed by atoms with Gasteiger partial charge in [0.05, 0.1) is 0 Å². The Labute approximate surface area is 108 Å². The number of ether oxygens (including phenoxy) is 2. The fourth-order valence-corrected chi connectivity index (χ4v) is 1.20. The molecule has 0 aliphatic rings. The van der Waals surface area contributed by atoms with Gasteiger partial charge in [-0.2, -0.15) is 0 Å². The van der Waals surface area contributed by atoms with E-state index in [0.717, 1.165) is 5.75 Å². The molecule has 1 aromatic carbocycles. The molecule has 0 aliphatic heterocycles. The van der Waals surface area contributed by atoms with E-state index in [9.17, 15) is 4.79 Å². The molecule has 4 heteroatoms. The molecule has 0 heterocycles. The highest BCUT2D eigenvalue weighted by Gasteiger charge is 2.17. The van der Waals surface area contributed by atoms with E-state index in [-0.39, 0.29) is 6.61 Å². The number of rotatable bonds is 6. The van der Waals surface area contributed by atoms with E-state index in [0.29, 0.717) is 5.57 Å². The van der Waals surface area contributed by atoms with Crippen LogP contribution in [0.1, 0.15) is 6.92 Å². The maximum Gasteiger partial charge on any atom is 0.334 e. The van der Waals surface area contributed by atoms with Gasteiger partial charge in [-0.3, -0.25) is 4.90 Å². The van der Waals surface area contributed by atoms with Crippen molar-refractivity contribution >= 4 is 5.97 Å². The third-order valence-corrected chi connectivity index (χ3v) is 2.30. The van der Waals surface area contributed by atoms with Crippen molar-refractivity contribution in [3.05, 3.63) is 42.5 Å². The molecule has 0 amide bonds. The fraction of sp³-hybridized carbons (Fsp3) is 0.357. The predicted octanol–water partition coefficient (Wildman–Crippen LogP) is 2.07.